The van der Waals surface area contributed by atoms with Crippen molar-refractivity contribution >= 4 is 6.09 Å². The fourth-order valence-corrected chi connectivity index (χ4v) is 3.37. The second-order valence-corrected chi connectivity index (χ2v) is 8.23. The number of nitrogens with one attached hydrogen (secondary N) is 1. The van der Waals surface area contributed by atoms with Crippen LogP contribution in [-0.2, 0) is 6.54 Å². The molecule has 1 aliphatic carbocycles. The van der Waals surface area contributed by atoms with Crippen LogP contribution < -0.4 is 10.1 Å². The normalized spacial score (nSPS) is 21.1. The Bertz CT molecular complexity index is 647. The molecule has 0 radical (unpaired) electrons. The summed E-state index contributed by atoms with van der Waals surface area (Å²) >= 11 is 0. The van der Waals surface area contributed by atoms with Crippen molar-refractivity contribution < 1.29 is 24.1 Å². The summed E-state index contributed by atoms with van der Waals surface area (Å²) in [5, 5.41) is 22.6. The van der Waals surface area contributed by atoms with Gasteiger partial charge < -0.3 is 20.3 Å². The van der Waals surface area contributed by atoms with Crippen LogP contribution in [0.25, 0.3) is 0 Å². The molecule has 0 unspecified atom stereocenters. The first-order valence-corrected chi connectivity index (χ1v) is 9.45. The molecule has 0 spiro atoms. The molecule has 7 heteroatoms. The van der Waals surface area contributed by atoms with Gasteiger partial charge in [-0.2, -0.15) is 0 Å². The molecule has 0 aromatic heterocycles. The number of aliphatic hydroxyl groups is 1. The first kappa shape index (κ1) is 21.4. The molecule has 0 aliphatic heterocycles. The predicted octanol–water partition coefficient (Wildman–Crippen LogP) is 3.37. The van der Waals surface area contributed by atoms with E-state index in [-0.39, 0.29) is 24.5 Å². The van der Waals surface area contributed by atoms with E-state index in [1.807, 2.05) is 20.8 Å². The van der Waals surface area contributed by atoms with Crippen LogP contribution >= 0.6 is 0 Å². The maximum absolute atomic E-state index is 13.7. The zero-order chi connectivity index (χ0) is 20.2. The Hall–Kier alpha value is -1.86. The van der Waals surface area contributed by atoms with Gasteiger partial charge in [0.05, 0.1) is 12.6 Å². The van der Waals surface area contributed by atoms with Crippen molar-refractivity contribution in [3.05, 3.63) is 29.6 Å². The van der Waals surface area contributed by atoms with Gasteiger partial charge in [-0.3, -0.25) is 4.90 Å². The van der Waals surface area contributed by atoms with E-state index in [4.69, 9.17) is 4.74 Å². The lowest BCUT2D eigenvalue weighted by atomic mass is 10.1. The number of nitrogens with zero attached hydrogens (tertiary/aromatic N) is 1. The van der Waals surface area contributed by atoms with Gasteiger partial charge in [0.1, 0.15) is 17.7 Å². The van der Waals surface area contributed by atoms with E-state index < -0.39 is 17.7 Å². The number of carbonyl (C=O) groups is 1. The zero-order valence-corrected chi connectivity index (χ0v) is 16.5. The molecule has 1 amide bonds. The molecule has 3 atom stereocenters. The smallest absolute Gasteiger partial charge is 0.407 e. The number of hydrogen-bond acceptors (Lipinski definition) is 4. The fourth-order valence-electron chi connectivity index (χ4n) is 3.37. The van der Waals surface area contributed by atoms with Crippen molar-refractivity contribution in [1.82, 2.24) is 10.2 Å². The Labute approximate surface area is 160 Å². The van der Waals surface area contributed by atoms with Crippen molar-refractivity contribution in [3.63, 3.8) is 0 Å². The highest BCUT2D eigenvalue weighted by Gasteiger charge is 2.28. The molecule has 6 nitrogen and oxygen atoms in total. The van der Waals surface area contributed by atoms with Gasteiger partial charge in [0.2, 0.25) is 0 Å². The van der Waals surface area contributed by atoms with Crippen molar-refractivity contribution in [2.24, 2.45) is 0 Å². The third-order valence-electron chi connectivity index (χ3n) is 4.87. The van der Waals surface area contributed by atoms with Crippen LogP contribution in [0.4, 0.5) is 9.18 Å². The topological polar surface area (TPSA) is 82.0 Å². The standard InChI is InChI=1S/C20H31FN2O4/c1-13(12-23(19(25)26)20(2,3)4)27-18-9-8-15(21)10-14(18)11-22-16-6-5-7-17(16)24/h8-10,13,16-17,22,24H,5-7,11-12H2,1-4H3,(H,25,26)/t13-,16+,17-/m0/s1. The Kier molecular flexibility index (Phi) is 7.06. The fraction of sp³-hybridized carbons (Fsp3) is 0.650. The molecule has 1 saturated carbocycles. The van der Waals surface area contributed by atoms with E-state index in [9.17, 15) is 19.4 Å². The molecule has 0 saturated heterocycles. The SMILES string of the molecule is C[C@@H](CN(C(=O)O)C(C)(C)C)Oc1ccc(F)cc1CN[C@@H]1CCC[C@@H]1O. The van der Waals surface area contributed by atoms with Crippen molar-refractivity contribution in [2.45, 2.75) is 77.3 Å². The molecular weight excluding hydrogens is 351 g/mol. The molecule has 0 heterocycles. The van der Waals surface area contributed by atoms with Crippen LogP contribution in [0.1, 0.15) is 52.5 Å². The van der Waals surface area contributed by atoms with Crippen molar-refractivity contribution in [3.8, 4) is 5.75 Å². The number of rotatable bonds is 7. The number of aliphatic hydroxyl groups excluding tert-OH is 1. The monoisotopic (exact) mass is 382 g/mol. The summed E-state index contributed by atoms with van der Waals surface area (Å²) in [4.78, 5) is 12.8. The van der Waals surface area contributed by atoms with E-state index in [2.05, 4.69) is 5.32 Å². The van der Waals surface area contributed by atoms with E-state index in [1.165, 1.54) is 17.0 Å². The summed E-state index contributed by atoms with van der Waals surface area (Å²) in [6.45, 7) is 7.85. The summed E-state index contributed by atoms with van der Waals surface area (Å²) in [6.07, 6.45) is 0.857. The van der Waals surface area contributed by atoms with Gasteiger partial charge in [0.25, 0.3) is 0 Å². The molecular formula is C20H31FN2O4. The highest BCUT2D eigenvalue weighted by atomic mass is 19.1. The van der Waals surface area contributed by atoms with Gasteiger partial charge in [-0.25, -0.2) is 9.18 Å². The largest absolute Gasteiger partial charge is 0.489 e. The lowest BCUT2D eigenvalue weighted by Crippen LogP contribution is -2.49. The molecule has 0 bridgehead atoms. The van der Waals surface area contributed by atoms with Gasteiger partial charge in [-0.05, 0) is 65.2 Å². The Balaban J connectivity index is 2.05. The molecule has 152 valence electrons. The highest BCUT2D eigenvalue weighted by molar-refractivity contribution is 5.66. The number of halogens is 1. The third kappa shape index (κ3) is 6.07. The molecule has 27 heavy (non-hydrogen) atoms. The number of amides is 1. The number of carboxylic acid groups (broad SMARTS) is 1. The zero-order valence-electron chi connectivity index (χ0n) is 16.5. The van der Waals surface area contributed by atoms with E-state index in [1.54, 1.807) is 13.0 Å². The summed E-state index contributed by atoms with van der Waals surface area (Å²) in [5.74, 6) is 0.156. The molecule has 1 aromatic carbocycles. The Morgan fingerprint density at radius 2 is 2.11 bits per heavy atom. The van der Waals surface area contributed by atoms with E-state index in [0.717, 1.165) is 19.3 Å². The van der Waals surface area contributed by atoms with E-state index >= 15 is 0 Å². The van der Waals surface area contributed by atoms with Gasteiger partial charge >= 0.3 is 6.09 Å². The highest BCUT2D eigenvalue weighted by Crippen LogP contribution is 2.24. The maximum atomic E-state index is 13.7. The average molecular weight is 382 g/mol. The van der Waals surface area contributed by atoms with Crippen LogP contribution in [-0.4, -0.2) is 51.5 Å². The van der Waals surface area contributed by atoms with Gasteiger partial charge in [-0.15, -0.1) is 0 Å². The quantitative estimate of drug-likeness (QED) is 0.674. The van der Waals surface area contributed by atoms with Crippen molar-refractivity contribution in [1.29, 1.82) is 0 Å². The van der Waals surface area contributed by atoms with Gasteiger partial charge in [0, 0.05) is 23.7 Å². The minimum absolute atomic E-state index is 0.00179. The number of benzene rings is 1. The average Bonchev–Trinajstić information content (AvgIpc) is 2.96. The summed E-state index contributed by atoms with van der Waals surface area (Å²) in [5.41, 5.74) is 0.105. The summed E-state index contributed by atoms with van der Waals surface area (Å²) < 4.78 is 19.7. The lowest BCUT2D eigenvalue weighted by molar-refractivity contribution is 0.0692. The Morgan fingerprint density at radius 1 is 1.41 bits per heavy atom. The predicted molar refractivity (Wildman–Crippen MR) is 101 cm³/mol. The second-order valence-electron chi connectivity index (χ2n) is 8.23. The third-order valence-corrected chi connectivity index (χ3v) is 4.87. The molecule has 1 aromatic rings. The molecule has 3 N–H and O–H groups in total. The van der Waals surface area contributed by atoms with Crippen molar-refractivity contribution in [2.75, 3.05) is 6.54 Å². The van der Waals surface area contributed by atoms with Gasteiger partial charge in [-0.1, -0.05) is 0 Å². The first-order valence-electron chi connectivity index (χ1n) is 9.45. The second kappa shape index (κ2) is 8.89. The van der Waals surface area contributed by atoms with Crippen LogP contribution in [0.5, 0.6) is 5.75 Å². The minimum Gasteiger partial charge on any atom is -0.489 e. The first-order chi connectivity index (χ1) is 12.6. The number of hydrogen-bond donors (Lipinski definition) is 3. The van der Waals surface area contributed by atoms with Crippen LogP contribution in [0, 0.1) is 5.82 Å². The van der Waals surface area contributed by atoms with Crippen LogP contribution in [0.3, 0.4) is 0 Å². The number of ether oxygens (including phenoxy) is 1. The molecule has 1 fully saturated rings. The molecule has 1 aliphatic rings. The van der Waals surface area contributed by atoms with Gasteiger partial charge in [0.15, 0.2) is 0 Å². The molecule has 2 rings (SSSR count). The van der Waals surface area contributed by atoms with Crippen LogP contribution in [0.15, 0.2) is 18.2 Å². The maximum Gasteiger partial charge on any atom is 0.407 e. The minimum atomic E-state index is -1.01. The lowest BCUT2D eigenvalue weighted by Gasteiger charge is -2.35. The van der Waals surface area contributed by atoms with Crippen LogP contribution in [0.2, 0.25) is 0 Å². The summed E-state index contributed by atoms with van der Waals surface area (Å²) in [6, 6.07) is 4.31. The Morgan fingerprint density at radius 3 is 2.67 bits per heavy atom. The summed E-state index contributed by atoms with van der Waals surface area (Å²) in [7, 11) is 0. The van der Waals surface area contributed by atoms with E-state index in [0.29, 0.717) is 17.9 Å².